The van der Waals surface area contributed by atoms with Gasteiger partial charge >= 0.3 is 0 Å². The van der Waals surface area contributed by atoms with E-state index in [1.165, 1.54) is 5.56 Å². The zero-order valence-corrected chi connectivity index (χ0v) is 19.0. The average Bonchev–Trinajstić information content (AvgIpc) is 3.23. The summed E-state index contributed by atoms with van der Waals surface area (Å²) in [5.41, 5.74) is 1.38. The molecular weight excluding hydrogens is 412 g/mol. The van der Waals surface area contributed by atoms with Crippen molar-refractivity contribution in [2.45, 2.75) is 43.3 Å². The van der Waals surface area contributed by atoms with E-state index in [9.17, 15) is 13.8 Å². The van der Waals surface area contributed by atoms with Crippen molar-refractivity contribution in [3.8, 4) is 0 Å². The van der Waals surface area contributed by atoms with Crippen LogP contribution in [0.2, 0.25) is 0 Å². The highest BCUT2D eigenvalue weighted by Crippen LogP contribution is 2.51. The van der Waals surface area contributed by atoms with Crippen LogP contribution in [-0.4, -0.2) is 58.7 Å². The Kier molecular flexibility index (Phi) is 5.67. The van der Waals surface area contributed by atoms with Gasteiger partial charge in [-0.1, -0.05) is 30.3 Å². The molecule has 1 aromatic carbocycles. The minimum Gasteiger partial charge on any atom is -0.381 e. The van der Waals surface area contributed by atoms with Crippen molar-refractivity contribution in [3.05, 3.63) is 35.9 Å². The smallest absolute Gasteiger partial charge is 0.257 e. The molecule has 0 radical (unpaired) electrons. The highest BCUT2D eigenvalue weighted by atomic mass is 32.2. The summed E-state index contributed by atoms with van der Waals surface area (Å²) in [6, 6.07) is 10.5. The van der Waals surface area contributed by atoms with Crippen LogP contribution in [-0.2, 0) is 24.1 Å². The van der Waals surface area contributed by atoms with Crippen LogP contribution in [0.1, 0.15) is 43.6 Å². The molecule has 0 N–H and O–H groups in total. The summed E-state index contributed by atoms with van der Waals surface area (Å²) in [6.45, 7) is 2.51. The minimum atomic E-state index is -2.58. The zero-order chi connectivity index (χ0) is 21.6. The van der Waals surface area contributed by atoms with E-state index in [-0.39, 0.29) is 23.0 Å². The lowest BCUT2D eigenvalue weighted by Crippen LogP contribution is -2.43. The molecule has 0 spiro atoms. The number of likely N-dealkylation sites (tertiary alicyclic amines) is 1. The second-order valence-corrected chi connectivity index (χ2v) is 12.5. The first kappa shape index (κ1) is 21.1. The SMILES string of the molecule is CS(=O)(=NC(=O)C1[C@H]2COC[C@@H]12)C1CCN(C(=O)CC2CC(c3ccccc3)C2)CC1. The molecule has 2 saturated carbocycles. The topological polar surface area (TPSA) is 76.0 Å². The molecule has 2 amide bonds. The number of carbonyl (C=O) groups is 2. The van der Waals surface area contributed by atoms with E-state index in [0.29, 0.717) is 69.2 Å². The number of rotatable bonds is 5. The van der Waals surface area contributed by atoms with Gasteiger partial charge in [0, 0.05) is 42.9 Å². The quantitative estimate of drug-likeness (QED) is 0.699. The normalized spacial score (nSPS) is 34.4. The maximum Gasteiger partial charge on any atom is 0.257 e. The van der Waals surface area contributed by atoms with Crippen molar-refractivity contribution in [1.29, 1.82) is 0 Å². The number of hydrogen-bond acceptors (Lipinski definition) is 4. The van der Waals surface area contributed by atoms with E-state index in [1.807, 2.05) is 11.0 Å². The van der Waals surface area contributed by atoms with Crippen LogP contribution in [0.5, 0.6) is 0 Å². The van der Waals surface area contributed by atoms with Crippen LogP contribution in [0.4, 0.5) is 0 Å². The third-order valence-electron chi connectivity index (χ3n) is 7.89. The first-order valence-corrected chi connectivity index (χ1v) is 13.6. The van der Waals surface area contributed by atoms with Crippen molar-refractivity contribution < 1.29 is 18.5 Å². The number of ether oxygens (including phenoxy) is 1. The average molecular weight is 445 g/mol. The molecule has 1 aromatic rings. The number of nitrogens with zero attached hydrogens (tertiary/aromatic N) is 2. The number of piperidine rings is 1. The Hall–Kier alpha value is -1.73. The largest absolute Gasteiger partial charge is 0.381 e. The summed E-state index contributed by atoms with van der Waals surface area (Å²) in [5, 5.41) is -0.110. The second-order valence-electron chi connectivity index (χ2n) is 9.91. The molecule has 2 aliphatic heterocycles. The lowest BCUT2D eigenvalue weighted by atomic mass is 9.70. The summed E-state index contributed by atoms with van der Waals surface area (Å²) in [6.07, 6.45) is 5.74. The Morgan fingerprint density at radius 2 is 1.74 bits per heavy atom. The van der Waals surface area contributed by atoms with E-state index < -0.39 is 9.73 Å². The fourth-order valence-corrected chi connectivity index (χ4v) is 7.45. The monoisotopic (exact) mass is 444 g/mol. The van der Waals surface area contributed by atoms with Gasteiger partial charge in [-0.25, -0.2) is 4.21 Å². The lowest BCUT2D eigenvalue weighted by Gasteiger charge is -2.38. The molecule has 2 unspecified atom stereocenters. The van der Waals surface area contributed by atoms with E-state index in [4.69, 9.17) is 4.74 Å². The Bertz CT molecular complexity index is 947. The molecule has 4 atom stereocenters. The van der Waals surface area contributed by atoms with Crippen LogP contribution in [0.3, 0.4) is 0 Å². The molecule has 5 rings (SSSR count). The van der Waals surface area contributed by atoms with Crippen LogP contribution in [0.15, 0.2) is 34.7 Å². The van der Waals surface area contributed by atoms with Gasteiger partial charge in [-0.05, 0) is 43.1 Å². The molecule has 4 fully saturated rings. The predicted octanol–water partition coefficient (Wildman–Crippen LogP) is 3.08. The van der Waals surface area contributed by atoms with Gasteiger partial charge in [-0.15, -0.1) is 0 Å². The standard InChI is InChI=1S/C24H32N2O4S/c1-31(29,25-24(28)23-20-14-30-15-21(20)23)19-7-9-26(10-8-19)22(27)13-16-11-18(12-16)17-5-3-2-4-6-17/h2-6,16,18-21,23H,7-15H2,1H3/t16?,18?,20-,21+,23?,31?. The fourth-order valence-electron chi connectivity index (χ4n) is 5.74. The summed E-state index contributed by atoms with van der Waals surface area (Å²) >= 11 is 0. The zero-order valence-electron chi connectivity index (χ0n) is 18.2. The van der Waals surface area contributed by atoms with Gasteiger partial charge in [-0.3, -0.25) is 9.59 Å². The molecule has 4 aliphatic rings. The third kappa shape index (κ3) is 4.31. The van der Waals surface area contributed by atoms with E-state index >= 15 is 0 Å². The summed E-state index contributed by atoms with van der Waals surface area (Å²) in [5.74, 6) is 1.60. The van der Waals surface area contributed by atoms with Gasteiger partial charge in [0.1, 0.15) is 0 Å². The summed E-state index contributed by atoms with van der Waals surface area (Å²) in [7, 11) is -2.58. The van der Waals surface area contributed by atoms with Crippen molar-refractivity contribution in [2.24, 2.45) is 28.0 Å². The van der Waals surface area contributed by atoms with Gasteiger partial charge in [-0.2, -0.15) is 4.36 Å². The van der Waals surface area contributed by atoms with E-state index in [1.54, 1.807) is 6.26 Å². The van der Waals surface area contributed by atoms with Crippen LogP contribution in [0.25, 0.3) is 0 Å². The highest BCUT2D eigenvalue weighted by Gasteiger charge is 2.58. The first-order valence-electron chi connectivity index (χ1n) is 11.6. The first-order chi connectivity index (χ1) is 14.9. The van der Waals surface area contributed by atoms with E-state index in [0.717, 1.165) is 12.8 Å². The van der Waals surface area contributed by atoms with Crippen molar-refractivity contribution in [1.82, 2.24) is 4.90 Å². The number of amides is 2. The number of carbonyl (C=O) groups excluding carboxylic acids is 2. The Balaban J connectivity index is 1.09. The maximum atomic E-state index is 13.2. The van der Waals surface area contributed by atoms with Gasteiger partial charge in [0.2, 0.25) is 5.91 Å². The highest BCUT2D eigenvalue weighted by molar-refractivity contribution is 7.93. The Morgan fingerprint density at radius 3 is 2.39 bits per heavy atom. The molecule has 0 aromatic heterocycles. The van der Waals surface area contributed by atoms with Crippen molar-refractivity contribution in [3.63, 3.8) is 0 Å². The van der Waals surface area contributed by atoms with Crippen LogP contribution in [0, 0.1) is 23.7 Å². The molecule has 0 bridgehead atoms. The molecule has 31 heavy (non-hydrogen) atoms. The molecule has 2 aliphatic carbocycles. The van der Waals surface area contributed by atoms with Crippen molar-refractivity contribution >= 4 is 21.5 Å². The molecule has 2 saturated heterocycles. The molecule has 2 heterocycles. The molecule has 168 valence electrons. The van der Waals surface area contributed by atoms with Crippen LogP contribution >= 0.6 is 0 Å². The van der Waals surface area contributed by atoms with Gasteiger partial charge in [0.25, 0.3) is 5.91 Å². The fraction of sp³-hybridized carbons (Fsp3) is 0.667. The Labute approximate surface area is 184 Å². The lowest BCUT2D eigenvalue weighted by molar-refractivity contribution is -0.133. The second kappa shape index (κ2) is 8.32. The van der Waals surface area contributed by atoms with E-state index in [2.05, 4.69) is 28.6 Å². The van der Waals surface area contributed by atoms with Gasteiger partial charge in [0.15, 0.2) is 0 Å². The molecular formula is C24H32N2O4S. The number of fused-ring (bicyclic) bond motifs is 1. The predicted molar refractivity (Wildman–Crippen MR) is 119 cm³/mol. The van der Waals surface area contributed by atoms with Gasteiger partial charge < -0.3 is 9.64 Å². The van der Waals surface area contributed by atoms with Crippen LogP contribution < -0.4 is 0 Å². The summed E-state index contributed by atoms with van der Waals surface area (Å²) in [4.78, 5) is 27.1. The van der Waals surface area contributed by atoms with Gasteiger partial charge in [0.05, 0.1) is 28.9 Å². The summed E-state index contributed by atoms with van der Waals surface area (Å²) < 4.78 is 22.7. The third-order valence-corrected chi connectivity index (χ3v) is 10.1. The maximum absolute atomic E-state index is 13.2. The molecule has 6 nitrogen and oxygen atoms in total. The van der Waals surface area contributed by atoms with Crippen molar-refractivity contribution in [2.75, 3.05) is 32.6 Å². The Morgan fingerprint density at radius 1 is 1.10 bits per heavy atom. The number of benzene rings is 1. The minimum absolute atomic E-state index is 0.0709. The molecule has 7 heteroatoms. The number of hydrogen-bond donors (Lipinski definition) is 0.